The molecule has 0 spiro atoms. The molecule has 27 heavy (non-hydrogen) atoms. The minimum Gasteiger partial charge on any atom is -0.493 e. The first-order valence-corrected chi connectivity index (χ1v) is 8.62. The minimum absolute atomic E-state index is 0.0551. The molecule has 0 bridgehead atoms. The van der Waals surface area contributed by atoms with Crippen LogP contribution < -0.4 is 14.8 Å². The van der Waals surface area contributed by atoms with E-state index in [1.807, 2.05) is 54.6 Å². The van der Waals surface area contributed by atoms with E-state index in [4.69, 9.17) is 13.9 Å². The van der Waals surface area contributed by atoms with Crippen molar-refractivity contribution in [2.45, 2.75) is 12.7 Å². The van der Waals surface area contributed by atoms with Crippen molar-refractivity contribution >= 4 is 11.6 Å². The number of hydrogen-bond acceptors (Lipinski definition) is 5. The largest absolute Gasteiger partial charge is 0.493 e. The summed E-state index contributed by atoms with van der Waals surface area (Å²) < 4.78 is 16.2. The number of carbonyl (C=O) groups excluding carboxylic acids is 1. The summed E-state index contributed by atoms with van der Waals surface area (Å²) in [5.41, 5.74) is 2.33. The number of nitrogens with one attached hydrogen (secondary N) is 1. The average molecular weight is 364 g/mol. The number of nitrogens with zero attached hydrogens (tertiary/aromatic N) is 1. The molecular weight excluding hydrogens is 344 g/mol. The molecule has 0 fully saturated rings. The van der Waals surface area contributed by atoms with Crippen molar-refractivity contribution in [2.24, 2.45) is 0 Å². The van der Waals surface area contributed by atoms with Gasteiger partial charge in [0.1, 0.15) is 11.9 Å². The Labute approximate surface area is 157 Å². The maximum atomic E-state index is 13.2. The first kappa shape index (κ1) is 17.0. The molecule has 0 aliphatic carbocycles. The zero-order valence-corrected chi connectivity index (χ0v) is 15.1. The highest BCUT2D eigenvalue weighted by molar-refractivity contribution is 6.01. The SMILES string of the molecule is COc1ccc([C@@H]2Nc3ccccc3C(=O)N2Cc2ccco2)cc1OC. The second-order valence-electron chi connectivity index (χ2n) is 6.22. The molecule has 6 heteroatoms. The number of furan rings is 1. The van der Waals surface area contributed by atoms with Crippen LogP contribution in [-0.2, 0) is 6.54 Å². The van der Waals surface area contributed by atoms with Gasteiger partial charge in [0.25, 0.3) is 5.91 Å². The highest BCUT2D eigenvalue weighted by atomic mass is 16.5. The fraction of sp³-hybridized carbons (Fsp3) is 0.190. The lowest BCUT2D eigenvalue weighted by Crippen LogP contribution is -2.42. The van der Waals surface area contributed by atoms with Crippen molar-refractivity contribution in [2.75, 3.05) is 19.5 Å². The third kappa shape index (κ3) is 3.10. The lowest BCUT2D eigenvalue weighted by Gasteiger charge is -2.37. The van der Waals surface area contributed by atoms with Crippen molar-refractivity contribution in [3.05, 3.63) is 77.7 Å². The first-order valence-electron chi connectivity index (χ1n) is 8.62. The van der Waals surface area contributed by atoms with E-state index in [0.29, 0.717) is 23.6 Å². The van der Waals surface area contributed by atoms with Crippen LogP contribution in [0.1, 0.15) is 27.8 Å². The van der Waals surface area contributed by atoms with Crippen LogP contribution in [0.15, 0.2) is 65.3 Å². The first-order chi connectivity index (χ1) is 13.2. The predicted octanol–water partition coefficient (Wildman–Crippen LogP) is 4.06. The van der Waals surface area contributed by atoms with Gasteiger partial charge in [-0.3, -0.25) is 4.79 Å². The predicted molar refractivity (Wildman–Crippen MR) is 101 cm³/mol. The number of amides is 1. The van der Waals surface area contributed by atoms with Gasteiger partial charge >= 0.3 is 0 Å². The van der Waals surface area contributed by atoms with E-state index in [2.05, 4.69) is 5.32 Å². The number of benzene rings is 2. The van der Waals surface area contributed by atoms with E-state index in [1.165, 1.54) is 0 Å². The number of carbonyl (C=O) groups is 1. The molecule has 3 aromatic rings. The van der Waals surface area contributed by atoms with Gasteiger partial charge < -0.3 is 24.1 Å². The van der Waals surface area contributed by atoms with Gasteiger partial charge in [-0.15, -0.1) is 0 Å². The van der Waals surface area contributed by atoms with Gasteiger partial charge in [-0.1, -0.05) is 18.2 Å². The quantitative estimate of drug-likeness (QED) is 0.740. The molecule has 138 valence electrons. The summed E-state index contributed by atoms with van der Waals surface area (Å²) in [6.45, 7) is 0.353. The summed E-state index contributed by atoms with van der Waals surface area (Å²) >= 11 is 0. The Bertz CT molecular complexity index is 953. The van der Waals surface area contributed by atoms with Crippen LogP contribution in [0.2, 0.25) is 0 Å². The Balaban J connectivity index is 1.77. The molecule has 0 unspecified atom stereocenters. The second-order valence-corrected chi connectivity index (χ2v) is 6.22. The van der Waals surface area contributed by atoms with E-state index in [0.717, 1.165) is 17.0 Å². The molecule has 1 amide bonds. The summed E-state index contributed by atoms with van der Waals surface area (Å²) in [5.74, 6) is 1.91. The Morgan fingerprint density at radius 1 is 1.04 bits per heavy atom. The fourth-order valence-electron chi connectivity index (χ4n) is 3.31. The molecule has 1 N–H and O–H groups in total. The summed E-state index contributed by atoms with van der Waals surface area (Å²) in [7, 11) is 3.19. The number of rotatable bonds is 5. The van der Waals surface area contributed by atoms with Crippen molar-refractivity contribution in [1.82, 2.24) is 4.90 Å². The number of ether oxygens (including phenoxy) is 2. The topological polar surface area (TPSA) is 63.9 Å². The van der Waals surface area contributed by atoms with E-state index in [-0.39, 0.29) is 12.1 Å². The Morgan fingerprint density at radius 3 is 2.59 bits per heavy atom. The molecule has 0 saturated carbocycles. The van der Waals surface area contributed by atoms with Crippen LogP contribution in [0.3, 0.4) is 0 Å². The van der Waals surface area contributed by atoms with Crippen LogP contribution in [0.25, 0.3) is 0 Å². The third-order valence-electron chi connectivity index (χ3n) is 4.65. The Morgan fingerprint density at radius 2 is 1.85 bits per heavy atom. The lowest BCUT2D eigenvalue weighted by atomic mass is 10.0. The van der Waals surface area contributed by atoms with Crippen LogP contribution in [0, 0.1) is 0 Å². The van der Waals surface area contributed by atoms with E-state index in [9.17, 15) is 4.79 Å². The number of para-hydroxylation sites is 1. The van der Waals surface area contributed by atoms with Crippen LogP contribution >= 0.6 is 0 Å². The zero-order valence-electron chi connectivity index (χ0n) is 15.1. The smallest absolute Gasteiger partial charge is 0.258 e. The number of methoxy groups -OCH3 is 2. The molecule has 1 aliphatic rings. The minimum atomic E-state index is -0.364. The van der Waals surface area contributed by atoms with Gasteiger partial charge in [-0.25, -0.2) is 0 Å². The second kappa shape index (κ2) is 7.07. The molecule has 1 aliphatic heterocycles. The summed E-state index contributed by atoms with van der Waals surface area (Å²) in [6, 6.07) is 16.8. The van der Waals surface area contributed by atoms with Gasteiger partial charge in [-0.05, 0) is 42.0 Å². The van der Waals surface area contributed by atoms with Crippen molar-refractivity contribution in [1.29, 1.82) is 0 Å². The molecule has 1 atom stereocenters. The molecule has 1 aromatic heterocycles. The van der Waals surface area contributed by atoms with Crippen molar-refractivity contribution in [3.63, 3.8) is 0 Å². The number of anilines is 1. The molecule has 0 saturated heterocycles. The normalized spacial score (nSPS) is 15.9. The molecule has 6 nitrogen and oxygen atoms in total. The van der Waals surface area contributed by atoms with E-state index < -0.39 is 0 Å². The molecule has 0 radical (unpaired) electrons. The fourth-order valence-corrected chi connectivity index (χ4v) is 3.31. The highest BCUT2D eigenvalue weighted by Gasteiger charge is 2.33. The van der Waals surface area contributed by atoms with Gasteiger partial charge in [-0.2, -0.15) is 0 Å². The van der Waals surface area contributed by atoms with Crippen molar-refractivity contribution < 1.29 is 18.7 Å². The Hall–Kier alpha value is -3.41. The monoisotopic (exact) mass is 364 g/mol. The highest BCUT2D eigenvalue weighted by Crippen LogP contribution is 2.37. The maximum absolute atomic E-state index is 13.2. The number of hydrogen-bond donors (Lipinski definition) is 1. The van der Waals surface area contributed by atoms with Gasteiger partial charge in [0.05, 0.1) is 32.6 Å². The van der Waals surface area contributed by atoms with Crippen LogP contribution in [-0.4, -0.2) is 25.0 Å². The number of fused-ring (bicyclic) bond motifs is 1. The maximum Gasteiger partial charge on any atom is 0.258 e. The van der Waals surface area contributed by atoms with Gasteiger partial charge in [0, 0.05) is 5.69 Å². The molecule has 2 aromatic carbocycles. The average Bonchev–Trinajstić information content (AvgIpc) is 3.22. The summed E-state index contributed by atoms with van der Waals surface area (Å²) in [6.07, 6.45) is 1.24. The molecule has 4 rings (SSSR count). The molecule has 2 heterocycles. The third-order valence-corrected chi connectivity index (χ3v) is 4.65. The van der Waals surface area contributed by atoms with Crippen LogP contribution in [0.5, 0.6) is 11.5 Å². The summed E-state index contributed by atoms with van der Waals surface area (Å²) in [4.78, 5) is 14.9. The standard InChI is InChI=1S/C21H20N2O4/c1-25-18-10-9-14(12-19(18)26-2)20-22-17-8-4-3-7-16(17)21(24)23(20)13-15-6-5-11-27-15/h3-12,20,22H,13H2,1-2H3/t20-/m1/s1. The van der Waals surface area contributed by atoms with Gasteiger partial charge in [0.2, 0.25) is 0 Å². The van der Waals surface area contributed by atoms with Crippen LogP contribution in [0.4, 0.5) is 5.69 Å². The van der Waals surface area contributed by atoms with Crippen molar-refractivity contribution in [3.8, 4) is 11.5 Å². The van der Waals surface area contributed by atoms with E-state index >= 15 is 0 Å². The molecular formula is C21H20N2O4. The van der Waals surface area contributed by atoms with Gasteiger partial charge in [0.15, 0.2) is 11.5 Å². The zero-order chi connectivity index (χ0) is 18.8. The Kier molecular flexibility index (Phi) is 4.46. The van der Waals surface area contributed by atoms with E-state index in [1.54, 1.807) is 25.4 Å². The lowest BCUT2D eigenvalue weighted by molar-refractivity contribution is 0.0651. The summed E-state index contributed by atoms with van der Waals surface area (Å²) in [5, 5.41) is 3.46.